The van der Waals surface area contributed by atoms with Gasteiger partial charge in [0.2, 0.25) is 0 Å². The van der Waals surface area contributed by atoms with Crippen LogP contribution in [0.1, 0.15) is 63.0 Å². The van der Waals surface area contributed by atoms with Crippen LogP contribution >= 0.6 is 0 Å². The highest BCUT2D eigenvalue weighted by Gasteiger charge is 2.30. The summed E-state index contributed by atoms with van der Waals surface area (Å²) in [4.78, 5) is 13.5. The topological polar surface area (TPSA) is 35.5 Å². The number of esters is 1. The first-order valence-electron chi connectivity index (χ1n) is 10.6. The van der Waals surface area contributed by atoms with Crippen molar-refractivity contribution >= 4 is 5.97 Å². The van der Waals surface area contributed by atoms with Gasteiger partial charge in [0.25, 0.3) is 0 Å². The van der Waals surface area contributed by atoms with Gasteiger partial charge in [0.1, 0.15) is 11.5 Å². The van der Waals surface area contributed by atoms with Gasteiger partial charge >= 0.3 is 5.97 Å². The molecule has 0 aliphatic carbocycles. The zero-order valence-corrected chi connectivity index (χ0v) is 19.6. The van der Waals surface area contributed by atoms with E-state index in [1.54, 1.807) is 7.11 Å². The van der Waals surface area contributed by atoms with Crippen molar-refractivity contribution in [2.24, 2.45) is 0 Å². The highest BCUT2D eigenvalue weighted by atomic mass is 16.5. The van der Waals surface area contributed by atoms with E-state index in [9.17, 15) is 4.79 Å². The zero-order chi connectivity index (χ0) is 22.8. The lowest BCUT2D eigenvalue weighted by atomic mass is 9.79. The van der Waals surface area contributed by atoms with Gasteiger partial charge in [-0.1, -0.05) is 90.1 Å². The molecule has 0 bridgehead atoms. The first-order valence-corrected chi connectivity index (χ1v) is 10.6. The Bertz CT molecular complexity index is 1030. The average Bonchev–Trinajstić information content (AvgIpc) is 2.72. The molecule has 0 aliphatic heterocycles. The van der Waals surface area contributed by atoms with Gasteiger partial charge in [-0.05, 0) is 40.2 Å². The molecule has 0 unspecified atom stereocenters. The standard InChI is InChI=1S/C28H32O3/c1-27(2,3)23-17-20(30-7)18-24(28(4,5)6)25(23)31-26(29)22-16-12-11-15-21(22)19-13-9-8-10-14-19/h8-18H,1-7H3. The predicted octanol–water partition coefficient (Wildman–Crippen LogP) is 7.18. The molecule has 0 saturated heterocycles. The quantitative estimate of drug-likeness (QED) is 0.334. The van der Waals surface area contributed by atoms with Crippen LogP contribution in [0.5, 0.6) is 11.5 Å². The van der Waals surface area contributed by atoms with Crippen molar-refractivity contribution < 1.29 is 14.3 Å². The second-order valence-corrected chi connectivity index (χ2v) is 9.85. The fraction of sp³-hybridized carbons (Fsp3) is 0.321. The summed E-state index contributed by atoms with van der Waals surface area (Å²) in [6.45, 7) is 12.7. The molecule has 0 fully saturated rings. The normalized spacial score (nSPS) is 11.8. The van der Waals surface area contributed by atoms with E-state index in [1.165, 1.54) is 0 Å². The molecule has 0 aliphatic rings. The molecule has 3 aromatic carbocycles. The van der Waals surface area contributed by atoms with Crippen LogP contribution in [0, 0.1) is 0 Å². The van der Waals surface area contributed by atoms with E-state index in [1.807, 2.05) is 66.7 Å². The van der Waals surface area contributed by atoms with Crippen LogP contribution in [-0.4, -0.2) is 13.1 Å². The van der Waals surface area contributed by atoms with Gasteiger partial charge in [-0.25, -0.2) is 4.79 Å². The maximum Gasteiger partial charge on any atom is 0.344 e. The van der Waals surface area contributed by atoms with Crippen molar-refractivity contribution in [1.29, 1.82) is 0 Å². The first kappa shape index (κ1) is 22.6. The van der Waals surface area contributed by atoms with E-state index in [0.29, 0.717) is 11.3 Å². The van der Waals surface area contributed by atoms with Crippen LogP contribution in [0.4, 0.5) is 0 Å². The fourth-order valence-corrected chi connectivity index (χ4v) is 3.62. The second-order valence-electron chi connectivity index (χ2n) is 9.85. The van der Waals surface area contributed by atoms with Gasteiger partial charge in [0, 0.05) is 11.1 Å². The van der Waals surface area contributed by atoms with Crippen molar-refractivity contribution in [3.63, 3.8) is 0 Å². The highest BCUT2D eigenvalue weighted by Crippen LogP contribution is 2.43. The maximum atomic E-state index is 13.5. The van der Waals surface area contributed by atoms with Crippen LogP contribution < -0.4 is 9.47 Å². The van der Waals surface area contributed by atoms with Gasteiger partial charge in [-0.2, -0.15) is 0 Å². The van der Waals surface area contributed by atoms with Gasteiger partial charge in [0.15, 0.2) is 0 Å². The van der Waals surface area contributed by atoms with Gasteiger partial charge in [0.05, 0.1) is 12.7 Å². The lowest BCUT2D eigenvalue weighted by Crippen LogP contribution is -2.22. The van der Waals surface area contributed by atoms with E-state index in [4.69, 9.17) is 9.47 Å². The molecule has 3 heteroatoms. The molecule has 0 atom stereocenters. The number of methoxy groups -OCH3 is 1. The third-order valence-electron chi connectivity index (χ3n) is 5.34. The van der Waals surface area contributed by atoms with E-state index >= 15 is 0 Å². The average molecular weight is 417 g/mol. The number of hydrogen-bond acceptors (Lipinski definition) is 3. The summed E-state index contributed by atoms with van der Waals surface area (Å²) >= 11 is 0. The second kappa shape index (κ2) is 8.58. The molecule has 3 aromatic rings. The lowest BCUT2D eigenvalue weighted by Gasteiger charge is -2.30. The fourth-order valence-electron chi connectivity index (χ4n) is 3.62. The minimum Gasteiger partial charge on any atom is -0.497 e. The van der Waals surface area contributed by atoms with Crippen molar-refractivity contribution in [3.05, 3.63) is 83.4 Å². The van der Waals surface area contributed by atoms with Crippen LogP contribution in [0.25, 0.3) is 11.1 Å². The Morgan fingerprint density at radius 3 is 1.77 bits per heavy atom. The van der Waals surface area contributed by atoms with Gasteiger partial charge < -0.3 is 9.47 Å². The molecule has 0 aromatic heterocycles. The highest BCUT2D eigenvalue weighted by molar-refractivity contribution is 5.98. The van der Waals surface area contributed by atoms with Crippen LogP contribution in [-0.2, 0) is 10.8 Å². The SMILES string of the molecule is COc1cc(C(C)(C)C)c(OC(=O)c2ccccc2-c2ccccc2)c(C(C)(C)C)c1. The summed E-state index contributed by atoms with van der Waals surface area (Å²) in [5.41, 5.74) is 3.81. The molecule has 0 spiro atoms. The third kappa shape index (κ3) is 4.99. The first-order chi connectivity index (χ1) is 14.5. The molecular weight excluding hydrogens is 384 g/mol. The monoisotopic (exact) mass is 416 g/mol. The summed E-state index contributed by atoms with van der Waals surface area (Å²) < 4.78 is 11.7. The van der Waals surface area contributed by atoms with E-state index in [0.717, 1.165) is 28.0 Å². The Hall–Kier alpha value is -3.07. The Morgan fingerprint density at radius 1 is 0.742 bits per heavy atom. The van der Waals surface area contributed by atoms with Gasteiger partial charge in [-0.15, -0.1) is 0 Å². The minimum atomic E-state index is -0.361. The lowest BCUT2D eigenvalue weighted by molar-refractivity contribution is 0.0729. The van der Waals surface area contributed by atoms with E-state index in [-0.39, 0.29) is 16.8 Å². The summed E-state index contributed by atoms with van der Waals surface area (Å²) in [5.74, 6) is 1.02. The summed E-state index contributed by atoms with van der Waals surface area (Å²) in [6.07, 6.45) is 0. The number of benzene rings is 3. The van der Waals surface area contributed by atoms with Crippen molar-refractivity contribution in [2.75, 3.05) is 7.11 Å². The van der Waals surface area contributed by atoms with Crippen LogP contribution in [0.15, 0.2) is 66.7 Å². The zero-order valence-electron chi connectivity index (χ0n) is 19.6. The van der Waals surface area contributed by atoms with Crippen LogP contribution in [0.2, 0.25) is 0 Å². The molecule has 0 amide bonds. The number of rotatable bonds is 4. The molecule has 3 rings (SSSR count). The molecule has 0 N–H and O–H groups in total. The Morgan fingerprint density at radius 2 is 1.26 bits per heavy atom. The van der Waals surface area contributed by atoms with Gasteiger partial charge in [-0.3, -0.25) is 0 Å². The Kier molecular flexibility index (Phi) is 6.26. The largest absolute Gasteiger partial charge is 0.497 e. The molecular formula is C28H32O3. The van der Waals surface area contributed by atoms with Crippen LogP contribution in [0.3, 0.4) is 0 Å². The predicted molar refractivity (Wildman–Crippen MR) is 127 cm³/mol. The van der Waals surface area contributed by atoms with Crippen molar-refractivity contribution in [2.45, 2.75) is 52.4 Å². The minimum absolute atomic E-state index is 0.233. The van der Waals surface area contributed by atoms with E-state index in [2.05, 4.69) is 41.5 Å². The summed E-state index contributed by atoms with van der Waals surface area (Å²) in [5, 5.41) is 0. The summed E-state index contributed by atoms with van der Waals surface area (Å²) in [7, 11) is 1.66. The number of ether oxygens (including phenoxy) is 2. The Balaban J connectivity index is 2.15. The number of hydrogen-bond donors (Lipinski definition) is 0. The van der Waals surface area contributed by atoms with Crippen molar-refractivity contribution in [3.8, 4) is 22.6 Å². The van der Waals surface area contributed by atoms with Crippen molar-refractivity contribution in [1.82, 2.24) is 0 Å². The van der Waals surface area contributed by atoms with E-state index < -0.39 is 0 Å². The number of carbonyl (C=O) groups excluding carboxylic acids is 1. The maximum absolute atomic E-state index is 13.5. The molecule has 162 valence electrons. The third-order valence-corrected chi connectivity index (χ3v) is 5.34. The smallest absolute Gasteiger partial charge is 0.344 e. The molecule has 0 saturated carbocycles. The molecule has 0 radical (unpaired) electrons. The molecule has 31 heavy (non-hydrogen) atoms. The Labute approximate surface area is 186 Å². The molecule has 3 nitrogen and oxygen atoms in total. The summed E-state index contributed by atoms with van der Waals surface area (Å²) in [6, 6.07) is 21.4. The molecule has 0 heterocycles. The number of carbonyl (C=O) groups is 1.